The number of benzene rings is 1. The van der Waals surface area contributed by atoms with Crippen molar-refractivity contribution in [2.75, 3.05) is 20.7 Å². The third-order valence-corrected chi connectivity index (χ3v) is 2.69. The summed E-state index contributed by atoms with van der Waals surface area (Å²) in [6, 6.07) is 2.01. The van der Waals surface area contributed by atoms with E-state index in [4.69, 9.17) is 4.74 Å². The minimum atomic E-state index is -0.978. The number of esters is 1. The second-order valence-corrected chi connectivity index (χ2v) is 4.59. The molecule has 1 aromatic rings. The van der Waals surface area contributed by atoms with Crippen molar-refractivity contribution in [1.82, 2.24) is 4.90 Å². The van der Waals surface area contributed by atoms with Crippen molar-refractivity contribution >= 4 is 11.8 Å². The lowest BCUT2D eigenvalue weighted by Crippen LogP contribution is -2.20. The highest BCUT2D eigenvalue weighted by Gasteiger charge is 2.25. The Morgan fingerprint density at radius 1 is 1.29 bits per heavy atom. The monoisotopic (exact) mass is 297 g/mol. The summed E-state index contributed by atoms with van der Waals surface area (Å²) in [5, 5.41) is 0. The average Bonchev–Trinajstić information content (AvgIpc) is 2.41. The molecule has 0 bridgehead atoms. The Bertz CT molecular complexity index is 595. The SMILES string of the molecule is CCOC(=O)/C(=C\N(C)C)C(=O)c1ccc(F)c(C)c1F. The van der Waals surface area contributed by atoms with Crippen LogP contribution < -0.4 is 0 Å². The third-order valence-electron chi connectivity index (χ3n) is 2.69. The number of hydrogen-bond acceptors (Lipinski definition) is 4. The van der Waals surface area contributed by atoms with Crippen molar-refractivity contribution in [3.05, 3.63) is 46.7 Å². The molecule has 114 valence electrons. The Morgan fingerprint density at radius 3 is 2.43 bits per heavy atom. The maximum atomic E-state index is 14.0. The van der Waals surface area contributed by atoms with Gasteiger partial charge in [-0.3, -0.25) is 4.79 Å². The van der Waals surface area contributed by atoms with Gasteiger partial charge in [0.25, 0.3) is 0 Å². The van der Waals surface area contributed by atoms with Gasteiger partial charge in [0, 0.05) is 25.9 Å². The van der Waals surface area contributed by atoms with Crippen LogP contribution in [-0.2, 0) is 9.53 Å². The van der Waals surface area contributed by atoms with Crippen LogP contribution in [0.15, 0.2) is 23.9 Å². The van der Waals surface area contributed by atoms with Gasteiger partial charge in [-0.2, -0.15) is 0 Å². The summed E-state index contributed by atoms with van der Waals surface area (Å²) in [6.45, 7) is 2.90. The van der Waals surface area contributed by atoms with Gasteiger partial charge in [-0.05, 0) is 26.0 Å². The van der Waals surface area contributed by atoms with Crippen LogP contribution >= 0.6 is 0 Å². The standard InChI is InChI=1S/C15H17F2NO3/c1-5-21-15(20)11(8-18(3)4)14(19)10-6-7-12(16)9(2)13(10)17/h6-8H,5H2,1-4H3/b11-8-. The molecule has 0 aromatic heterocycles. The zero-order chi connectivity index (χ0) is 16.2. The van der Waals surface area contributed by atoms with E-state index in [1.54, 1.807) is 21.0 Å². The van der Waals surface area contributed by atoms with E-state index in [0.29, 0.717) is 0 Å². The number of carbonyl (C=O) groups is 2. The summed E-state index contributed by atoms with van der Waals surface area (Å²) in [7, 11) is 3.22. The molecule has 0 fully saturated rings. The fraction of sp³-hybridized carbons (Fsp3) is 0.333. The maximum Gasteiger partial charge on any atom is 0.343 e. The van der Waals surface area contributed by atoms with Gasteiger partial charge < -0.3 is 9.64 Å². The Hall–Kier alpha value is -2.24. The van der Waals surface area contributed by atoms with Crippen LogP contribution in [0.1, 0.15) is 22.8 Å². The molecule has 0 heterocycles. The van der Waals surface area contributed by atoms with Crippen molar-refractivity contribution < 1.29 is 23.1 Å². The van der Waals surface area contributed by atoms with Crippen molar-refractivity contribution in [3.63, 3.8) is 0 Å². The first-order valence-electron chi connectivity index (χ1n) is 6.34. The minimum absolute atomic E-state index is 0.0851. The third kappa shape index (κ3) is 3.87. The van der Waals surface area contributed by atoms with Gasteiger partial charge >= 0.3 is 5.97 Å². The van der Waals surface area contributed by atoms with E-state index in [0.717, 1.165) is 12.1 Å². The molecule has 1 aromatic carbocycles. The molecule has 0 radical (unpaired) electrons. The number of carbonyl (C=O) groups excluding carboxylic acids is 2. The number of Topliss-reactive ketones (excluding diaryl/α,β-unsaturated/α-hetero) is 1. The van der Waals surface area contributed by atoms with Gasteiger partial charge in [0.15, 0.2) is 0 Å². The number of ether oxygens (including phenoxy) is 1. The minimum Gasteiger partial charge on any atom is -0.462 e. The molecule has 0 saturated carbocycles. The number of hydrogen-bond donors (Lipinski definition) is 0. The Morgan fingerprint density at radius 2 is 1.90 bits per heavy atom. The van der Waals surface area contributed by atoms with Gasteiger partial charge in [-0.15, -0.1) is 0 Å². The van der Waals surface area contributed by atoms with E-state index in [9.17, 15) is 18.4 Å². The predicted molar refractivity (Wildman–Crippen MR) is 73.8 cm³/mol. The molecule has 1 rings (SSSR count). The first-order chi connectivity index (χ1) is 9.79. The lowest BCUT2D eigenvalue weighted by atomic mass is 10.0. The molecule has 0 spiro atoms. The summed E-state index contributed by atoms with van der Waals surface area (Å²) >= 11 is 0. The molecule has 0 unspecified atom stereocenters. The Balaban J connectivity index is 3.30. The number of nitrogens with zero attached hydrogens (tertiary/aromatic N) is 1. The van der Waals surface area contributed by atoms with E-state index in [1.807, 2.05) is 0 Å². The molecule has 0 aliphatic rings. The van der Waals surface area contributed by atoms with Crippen molar-refractivity contribution in [1.29, 1.82) is 0 Å². The van der Waals surface area contributed by atoms with Crippen LogP contribution in [0, 0.1) is 18.6 Å². The predicted octanol–water partition coefficient (Wildman–Crippen LogP) is 2.46. The summed E-state index contributed by atoms with van der Waals surface area (Å²) in [5.41, 5.74) is -0.948. The Kier molecular flexibility index (Phi) is 5.58. The molecule has 0 amide bonds. The van der Waals surface area contributed by atoms with Gasteiger partial charge in [0.2, 0.25) is 5.78 Å². The lowest BCUT2D eigenvalue weighted by Gasteiger charge is -2.12. The second kappa shape index (κ2) is 6.97. The quantitative estimate of drug-likeness (QED) is 0.275. The smallest absolute Gasteiger partial charge is 0.343 e. The topological polar surface area (TPSA) is 46.6 Å². The van der Waals surface area contributed by atoms with Crippen LogP contribution in [0.4, 0.5) is 8.78 Å². The molecular weight excluding hydrogens is 280 g/mol. The summed E-state index contributed by atoms with van der Waals surface area (Å²) in [6.07, 6.45) is 1.25. The molecule has 21 heavy (non-hydrogen) atoms. The molecule has 0 aliphatic heterocycles. The van der Waals surface area contributed by atoms with Gasteiger partial charge in [-0.1, -0.05) is 0 Å². The molecule has 6 heteroatoms. The van der Waals surface area contributed by atoms with E-state index >= 15 is 0 Å². The number of halogens is 2. The number of ketones is 1. The van der Waals surface area contributed by atoms with E-state index in [-0.39, 0.29) is 23.3 Å². The first kappa shape index (κ1) is 16.8. The van der Waals surface area contributed by atoms with Crippen LogP contribution in [-0.4, -0.2) is 37.4 Å². The molecular formula is C15H17F2NO3. The number of rotatable bonds is 5. The molecule has 4 nitrogen and oxygen atoms in total. The summed E-state index contributed by atoms with van der Waals surface area (Å²) < 4.78 is 32.0. The van der Waals surface area contributed by atoms with E-state index in [2.05, 4.69) is 0 Å². The van der Waals surface area contributed by atoms with Crippen molar-refractivity contribution in [3.8, 4) is 0 Å². The highest BCUT2D eigenvalue weighted by atomic mass is 19.1. The summed E-state index contributed by atoms with van der Waals surface area (Å²) in [5.74, 6) is -3.42. The second-order valence-electron chi connectivity index (χ2n) is 4.59. The van der Waals surface area contributed by atoms with Crippen LogP contribution in [0.25, 0.3) is 0 Å². The highest BCUT2D eigenvalue weighted by Crippen LogP contribution is 2.19. The lowest BCUT2D eigenvalue weighted by molar-refractivity contribution is -0.138. The Labute approximate surface area is 122 Å². The van der Waals surface area contributed by atoms with Gasteiger partial charge in [-0.25, -0.2) is 13.6 Å². The maximum absolute atomic E-state index is 14.0. The first-order valence-corrected chi connectivity index (χ1v) is 6.34. The van der Waals surface area contributed by atoms with Crippen molar-refractivity contribution in [2.24, 2.45) is 0 Å². The van der Waals surface area contributed by atoms with Crippen LogP contribution in [0.2, 0.25) is 0 Å². The van der Waals surface area contributed by atoms with Gasteiger partial charge in [0.05, 0.1) is 12.2 Å². The fourth-order valence-electron chi connectivity index (χ4n) is 1.65. The summed E-state index contributed by atoms with van der Waals surface area (Å²) in [4.78, 5) is 25.6. The van der Waals surface area contributed by atoms with Crippen LogP contribution in [0.3, 0.4) is 0 Å². The van der Waals surface area contributed by atoms with Crippen molar-refractivity contribution in [2.45, 2.75) is 13.8 Å². The van der Waals surface area contributed by atoms with E-state index < -0.39 is 23.4 Å². The fourth-order valence-corrected chi connectivity index (χ4v) is 1.65. The van der Waals surface area contributed by atoms with E-state index in [1.165, 1.54) is 18.0 Å². The zero-order valence-electron chi connectivity index (χ0n) is 12.4. The normalized spacial score (nSPS) is 11.2. The van der Waals surface area contributed by atoms with Gasteiger partial charge in [0.1, 0.15) is 17.2 Å². The molecule has 0 saturated heterocycles. The molecule has 0 aliphatic carbocycles. The molecule has 0 N–H and O–H groups in total. The molecule has 0 atom stereocenters. The average molecular weight is 297 g/mol. The largest absolute Gasteiger partial charge is 0.462 e. The zero-order valence-corrected chi connectivity index (χ0v) is 12.4. The highest BCUT2D eigenvalue weighted by molar-refractivity contribution is 6.24. The van der Waals surface area contributed by atoms with Crippen LogP contribution in [0.5, 0.6) is 0 Å².